The van der Waals surface area contributed by atoms with Crippen LogP contribution in [-0.2, 0) is 0 Å². The van der Waals surface area contributed by atoms with Gasteiger partial charge in [0.15, 0.2) is 0 Å². The Morgan fingerprint density at radius 3 is 1.56 bits per heavy atom. The first-order valence-electron chi connectivity index (χ1n) is 6.76. The zero-order valence-corrected chi connectivity index (χ0v) is 11.9. The minimum atomic E-state index is -2.83. The lowest BCUT2D eigenvalue weighted by atomic mass is 9.73. The van der Waals surface area contributed by atoms with Crippen molar-refractivity contribution in [2.24, 2.45) is 17.8 Å². The molecular weight excluding hydrogens is 238 g/mol. The number of carbonyl (C=O) groups excluding carboxylic acids is 1. The maximum Gasteiger partial charge on any atom is 0.483 e. The summed E-state index contributed by atoms with van der Waals surface area (Å²) in [7, 11) is 0. The van der Waals surface area contributed by atoms with Crippen LogP contribution >= 0.6 is 0 Å². The van der Waals surface area contributed by atoms with E-state index in [-0.39, 0.29) is 5.60 Å². The molecule has 0 radical (unpaired) electrons. The number of halogens is 2. The highest BCUT2D eigenvalue weighted by Gasteiger charge is 2.36. The summed E-state index contributed by atoms with van der Waals surface area (Å²) in [6.07, 6.45) is 3.42. The molecular formula is C14H26F2O2. The van der Waals surface area contributed by atoms with Crippen molar-refractivity contribution in [3.63, 3.8) is 0 Å². The Balaban J connectivity index is 0.000000257. The molecule has 0 spiro atoms. The molecule has 1 N–H and O–H groups in total. The third-order valence-corrected chi connectivity index (χ3v) is 3.86. The molecule has 0 unspecified atom stereocenters. The highest BCUT2D eigenvalue weighted by atomic mass is 19.3. The molecule has 4 heteroatoms. The average Bonchev–Trinajstić information content (AvgIpc) is 2.96. The van der Waals surface area contributed by atoms with Gasteiger partial charge in [-0.15, -0.1) is 8.78 Å². The summed E-state index contributed by atoms with van der Waals surface area (Å²) in [6, 6.07) is 0. The van der Waals surface area contributed by atoms with E-state index in [1.807, 2.05) is 0 Å². The number of rotatable bonds is 2. The van der Waals surface area contributed by atoms with E-state index in [1.54, 1.807) is 0 Å². The summed E-state index contributed by atoms with van der Waals surface area (Å²) in [4.78, 5) is 8.11. The predicted molar refractivity (Wildman–Crippen MR) is 68.8 cm³/mol. The number of hydrogen-bond donors (Lipinski definition) is 1. The largest absolute Gasteiger partial charge is 0.483 e. The van der Waals surface area contributed by atoms with E-state index in [4.69, 9.17) is 4.79 Å². The lowest BCUT2D eigenvalue weighted by Gasteiger charge is -2.40. The Hall–Kier alpha value is -0.510. The molecule has 0 aromatic heterocycles. The van der Waals surface area contributed by atoms with Crippen molar-refractivity contribution in [1.29, 1.82) is 0 Å². The maximum absolute atomic E-state index is 9.69. The van der Waals surface area contributed by atoms with Gasteiger partial charge in [-0.05, 0) is 49.9 Å². The molecule has 0 bridgehead atoms. The van der Waals surface area contributed by atoms with Crippen molar-refractivity contribution in [2.45, 2.75) is 65.4 Å². The second-order valence-corrected chi connectivity index (χ2v) is 5.92. The summed E-state index contributed by atoms with van der Waals surface area (Å²) in [5, 5.41) is 9.49. The van der Waals surface area contributed by atoms with E-state index in [0.717, 1.165) is 24.7 Å². The summed E-state index contributed by atoms with van der Waals surface area (Å²) in [6.45, 7) is 8.77. The van der Waals surface area contributed by atoms with Crippen LogP contribution in [-0.4, -0.2) is 17.0 Å². The van der Waals surface area contributed by atoms with Crippen LogP contribution in [0.15, 0.2) is 0 Å². The fourth-order valence-electron chi connectivity index (χ4n) is 1.88. The van der Waals surface area contributed by atoms with Gasteiger partial charge in [0.05, 0.1) is 5.60 Å². The number of hydrogen-bond acceptors (Lipinski definition) is 2. The van der Waals surface area contributed by atoms with E-state index in [1.165, 1.54) is 19.3 Å². The van der Waals surface area contributed by atoms with Crippen LogP contribution in [0, 0.1) is 17.8 Å². The summed E-state index contributed by atoms with van der Waals surface area (Å²) >= 11 is 0. The van der Waals surface area contributed by atoms with E-state index < -0.39 is 6.29 Å². The fraction of sp³-hybridized carbons (Fsp3) is 0.929. The summed E-state index contributed by atoms with van der Waals surface area (Å²) in [5.41, 5.74) is -0.278. The van der Waals surface area contributed by atoms with Crippen LogP contribution in [0.3, 0.4) is 0 Å². The predicted octanol–water partition coefficient (Wildman–Crippen LogP) is 4.66. The molecule has 0 amide bonds. The molecule has 2 nitrogen and oxygen atoms in total. The third kappa shape index (κ3) is 7.75. The summed E-state index contributed by atoms with van der Waals surface area (Å²) in [5.74, 6) is 2.52. The molecule has 0 aromatic carbocycles. The van der Waals surface area contributed by atoms with Crippen molar-refractivity contribution in [3.8, 4) is 0 Å². The molecule has 18 heavy (non-hydrogen) atoms. The molecule has 0 heterocycles. The van der Waals surface area contributed by atoms with E-state index in [2.05, 4.69) is 27.7 Å². The molecule has 2 aliphatic rings. The van der Waals surface area contributed by atoms with Crippen LogP contribution in [0.4, 0.5) is 13.6 Å². The Labute approximate surface area is 109 Å². The van der Waals surface area contributed by atoms with E-state index in [9.17, 15) is 13.9 Å². The van der Waals surface area contributed by atoms with Crippen LogP contribution in [0.5, 0.6) is 0 Å². The molecule has 2 fully saturated rings. The number of aliphatic hydroxyl groups is 1. The smallest absolute Gasteiger partial charge is 0.390 e. The molecule has 2 rings (SSSR count). The van der Waals surface area contributed by atoms with E-state index in [0.29, 0.717) is 5.92 Å². The first-order valence-corrected chi connectivity index (χ1v) is 6.76. The molecule has 2 saturated carbocycles. The quantitative estimate of drug-likeness (QED) is 0.737. The first kappa shape index (κ1) is 17.5. The minimum absolute atomic E-state index is 0.278. The lowest BCUT2D eigenvalue weighted by Crippen LogP contribution is -2.41. The Morgan fingerprint density at radius 1 is 1.17 bits per heavy atom. The molecule has 2 aliphatic carbocycles. The van der Waals surface area contributed by atoms with Gasteiger partial charge in [0.1, 0.15) is 0 Å². The fourth-order valence-corrected chi connectivity index (χ4v) is 1.88. The van der Waals surface area contributed by atoms with Crippen LogP contribution in [0.2, 0.25) is 0 Å². The zero-order chi connectivity index (χ0) is 14.3. The van der Waals surface area contributed by atoms with Crippen molar-refractivity contribution in [3.05, 3.63) is 0 Å². The van der Waals surface area contributed by atoms with Crippen molar-refractivity contribution < 1.29 is 18.7 Å². The molecule has 108 valence electrons. The number of carbonyl (C=O) groups is 1. The van der Waals surface area contributed by atoms with Crippen molar-refractivity contribution in [2.75, 3.05) is 0 Å². The minimum Gasteiger partial charge on any atom is -0.390 e. The van der Waals surface area contributed by atoms with Gasteiger partial charge in [0.25, 0.3) is 0 Å². The van der Waals surface area contributed by atoms with Gasteiger partial charge >= 0.3 is 6.29 Å². The van der Waals surface area contributed by atoms with Crippen LogP contribution in [0.25, 0.3) is 0 Å². The second-order valence-electron chi connectivity index (χ2n) is 5.92. The zero-order valence-electron chi connectivity index (χ0n) is 11.9. The van der Waals surface area contributed by atoms with Crippen molar-refractivity contribution in [1.82, 2.24) is 0 Å². The molecule has 0 atom stereocenters. The third-order valence-electron chi connectivity index (χ3n) is 3.86. The van der Waals surface area contributed by atoms with Gasteiger partial charge in [0.2, 0.25) is 0 Å². The molecule has 0 aromatic rings. The summed E-state index contributed by atoms with van der Waals surface area (Å²) < 4.78 is 19.4. The standard InChI is InChI=1S/C7H14O.C6H12.CF2O/c1-6(2)7(8)4-3-5-7;1-5(2)6-3-4-6;2-1(3)4/h6,8H,3-5H2,1-2H3;5-6H,3-4H2,1-2H3;. The first-order chi connectivity index (χ1) is 8.19. The molecule has 0 saturated heterocycles. The average molecular weight is 264 g/mol. The lowest BCUT2D eigenvalue weighted by molar-refractivity contribution is -0.0719. The highest BCUT2D eigenvalue weighted by molar-refractivity contribution is 5.55. The highest BCUT2D eigenvalue weighted by Crippen LogP contribution is 2.37. The maximum atomic E-state index is 9.69. The molecule has 0 aliphatic heterocycles. The second kappa shape index (κ2) is 7.82. The van der Waals surface area contributed by atoms with Gasteiger partial charge < -0.3 is 5.11 Å². The van der Waals surface area contributed by atoms with Gasteiger partial charge in [-0.3, -0.25) is 0 Å². The van der Waals surface area contributed by atoms with Gasteiger partial charge in [-0.1, -0.05) is 27.7 Å². The van der Waals surface area contributed by atoms with Gasteiger partial charge in [-0.25, -0.2) is 4.79 Å². The van der Waals surface area contributed by atoms with Crippen molar-refractivity contribution >= 4 is 6.29 Å². The monoisotopic (exact) mass is 264 g/mol. The topological polar surface area (TPSA) is 37.3 Å². The van der Waals surface area contributed by atoms with Gasteiger partial charge in [-0.2, -0.15) is 0 Å². The van der Waals surface area contributed by atoms with E-state index >= 15 is 0 Å². The van der Waals surface area contributed by atoms with Crippen LogP contribution < -0.4 is 0 Å². The van der Waals surface area contributed by atoms with Gasteiger partial charge in [0, 0.05) is 0 Å². The van der Waals surface area contributed by atoms with Crippen LogP contribution in [0.1, 0.15) is 59.8 Å². The SMILES string of the molecule is CC(C)C1(O)CCC1.CC(C)C1CC1.O=C(F)F. The Bertz CT molecular complexity index is 240. The normalized spacial score (nSPS) is 20.3. The Morgan fingerprint density at radius 2 is 1.56 bits per heavy atom. The Kier molecular flexibility index (Phi) is 7.60.